The van der Waals surface area contributed by atoms with Crippen molar-refractivity contribution < 1.29 is 5.11 Å². The van der Waals surface area contributed by atoms with Crippen molar-refractivity contribution in [2.24, 2.45) is 0 Å². The first-order valence-electron chi connectivity index (χ1n) is 6.16. The lowest BCUT2D eigenvalue weighted by Crippen LogP contribution is -2.32. The molecule has 100 valence electrons. The van der Waals surface area contributed by atoms with Crippen molar-refractivity contribution in [1.29, 1.82) is 0 Å². The zero-order valence-corrected chi connectivity index (χ0v) is 11.7. The van der Waals surface area contributed by atoms with E-state index in [1.807, 2.05) is 24.9 Å². The van der Waals surface area contributed by atoms with Crippen molar-refractivity contribution in [2.75, 3.05) is 18.2 Å². The smallest absolute Gasteiger partial charge is 0.131 e. The van der Waals surface area contributed by atoms with E-state index < -0.39 is 0 Å². The molecule has 0 unspecified atom stereocenters. The summed E-state index contributed by atoms with van der Waals surface area (Å²) in [6.45, 7) is 5.07. The number of aliphatic hydroxyl groups is 1. The van der Waals surface area contributed by atoms with Gasteiger partial charge in [0.2, 0.25) is 0 Å². The molecule has 1 fully saturated rings. The minimum absolute atomic E-state index is 0.256. The first kappa shape index (κ1) is 13.6. The third-order valence-corrected chi connectivity index (χ3v) is 4.91. The first-order valence-corrected chi connectivity index (χ1v) is 7.21. The molecule has 5 nitrogen and oxygen atoms in total. The number of anilines is 1. The molecule has 1 aliphatic rings. The molecule has 0 radical (unpaired) electrons. The molecule has 18 heavy (non-hydrogen) atoms. The molecule has 2 rings (SSSR count). The Hall–Kier alpha value is -0.850. The molecule has 0 aromatic carbocycles. The summed E-state index contributed by atoms with van der Waals surface area (Å²) < 4.78 is 0. The van der Waals surface area contributed by atoms with Crippen molar-refractivity contribution >= 4 is 17.6 Å². The topological polar surface area (TPSA) is 75.3 Å². The Kier molecular flexibility index (Phi) is 4.42. The van der Waals surface area contributed by atoms with Gasteiger partial charge in [0.1, 0.15) is 11.6 Å². The molecule has 3 N–H and O–H groups in total. The van der Waals surface area contributed by atoms with Crippen LogP contribution in [0, 0.1) is 6.92 Å². The van der Waals surface area contributed by atoms with E-state index in [0.717, 1.165) is 24.4 Å². The van der Waals surface area contributed by atoms with Crippen molar-refractivity contribution in [1.82, 2.24) is 14.9 Å². The Morgan fingerprint density at radius 3 is 3.06 bits per heavy atom. The van der Waals surface area contributed by atoms with Crippen LogP contribution in [0.3, 0.4) is 0 Å². The molecule has 0 amide bonds. The highest BCUT2D eigenvalue weighted by molar-refractivity contribution is 8.00. The number of nitrogen functional groups attached to an aromatic ring is 1. The molecule has 2 heterocycles. The number of aromatic nitrogens is 2. The molecule has 1 aromatic rings. The van der Waals surface area contributed by atoms with Crippen molar-refractivity contribution in [2.45, 2.75) is 38.1 Å². The first-order chi connectivity index (χ1) is 8.61. The predicted octanol–water partition coefficient (Wildman–Crippen LogP) is 1.01. The molecule has 6 heteroatoms. The van der Waals surface area contributed by atoms with E-state index in [-0.39, 0.29) is 6.61 Å². The minimum atomic E-state index is 0.256. The van der Waals surface area contributed by atoms with Gasteiger partial charge in [0.15, 0.2) is 0 Å². The van der Waals surface area contributed by atoms with Gasteiger partial charge in [-0.25, -0.2) is 9.97 Å². The van der Waals surface area contributed by atoms with E-state index >= 15 is 0 Å². The Morgan fingerprint density at radius 2 is 2.39 bits per heavy atom. The zero-order valence-electron chi connectivity index (χ0n) is 10.8. The van der Waals surface area contributed by atoms with E-state index in [0.29, 0.717) is 22.9 Å². The summed E-state index contributed by atoms with van der Waals surface area (Å²) in [4.78, 5) is 10.7. The van der Waals surface area contributed by atoms with Crippen molar-refractivity contribution in [3.05, 3.63) is 17.6 Å². The standard InChI is InChI=1S/C12H20N4OS/c1-8-11(3-4-17)18-7-16(8)6-10-5-14-9(2)15-12(10)13/h5,8,11,17H,3-4,6-7H2,1-2H3,(H2,13,14,15)/t8-,11+/m1/s1. The van der Waals surface area contributed by atoms with Gasteiger partial charge in [-0.15, -0.1) is 11.8 Å². The summed E-state index contributed by atoms with van der Waals surface area (Å²) in [5.41, 5.74) is 6.90. The Labute approximate surface area is 112 Å². The summed E-state index contributed by atoms with van der Waals surface area (Å²) in [5, 5.41) is 9.53. The average molecular weight is 268 g/mol. The highest BCUT2D eigenvalue weighted by Crippen LogP contribution is 2.32. The van der Waals surface area contributed by atoms with Gasteiger partial charge in [-0.2, -0.15) is 0 Å². The van der Waals surface area contributed by atoms with Crippen molar-refractivity contribution in [3.8, 4) is 0 Å². The van der Waals surface area contributed by atoms with Gasteiger partial charge in [-0.05, 0) is 20.3 Å². The number of aliphatic hydroxyl groups excluding tert-OH is 1. The van der Waals surface area contributed by atoms with E-state index in [2.05, 4.69) is 21.8 Å². The normalized spacial score (nSPS) is 24.6. The third-order valence-electron chi connectivity index (χ3n) is 3.37. The quantitative estimate of drug-likeness (QED) is 0.849. The number of nitrogens with zero attached hydrogens (tertiary/aromatic N) is 3. The monoisotopic (exact) mass is 268 g/mol. The van der Waals surface area contributed by atoms with Crippen LogP contribution in [0.25, 0.3) is 0 Å². The highest BCUT2D eigenvalue weighted by Gasteiger charge is 2.31. The summed E-state index contributed by atoms with van der Waals surface area (Å²) >= 11 is 1.90. The van der Waals surface area contributed by atoms with Crippen molar-refractivity contribution in [3.63, 3.8) is 0 Å². The molecule has 1 aromatic heterocycles. The SMILES string of the molecule is Cc1ncc(CN2CS[C@@H](CCO)[C@H]2C)c(N)n1. The van der Waals surface area contributed by atoms with Gasteiger partial charge < -0.3 is 10.8 Å². The number of hydrogen-bond donors (Lipinski definition) is 2. The van der Waals surface area contributed by atoms with Crippen LogP contribution in [0.1, 0.15) is 24.7 Å². The number of aryl methyl sites for hydroxylation is 1. The second kappa shape index (κ2) is 5.86. The molecule has 0 bridgehead atoms. The lowest BCUT2D eigenvalue weighted by molar-refractivity contribution is 0.226. The molecule has 0 spiro atoms. The molecule has 2 atom stereocenters. The number of rotatable bonds is 4. The summed E-state index contributed by atoms with van der Waals surface area (Å²) in [6.07, 6.45) is 2.66. The summed E-state index contributed by atoms with van der Waals surface area (Å²) in [5.74, 6) is 2.25. The molecule has 0 saturated carbocycles. The maximum atomic E-state index is 9.02. The summed E-state index contributed by atoms with van der Waals surface area (Å²) in [6, 6.07) is 0.447. The van der Waals surface area contributed by atoms with Crippen LogP contribution in [0.15, 0.2) is 6.20 Å². The largest absolute Gasteiger partial charge is 0.396 e. The maximum Gasteiger partial charge on any atom is 0.131 e. The molecule has 0 aliphatic carbocycles. The molecule has 1 aliphatic heterocycles. The van der Waals surface area contributed by atoms with E-state index in [1.54, 1.807) is 0 Å². The maximum absolute atomic E-state index is 9.02. The fourth-order valence-corrected chi connectivity index (χ4v) is 3.61. The highest BCUT2D eigenvalue weighted by atomic mass is 32.2. The van der Waals surface area contributed by atoms with E-state index in [9.17, 15) is 0 Å². The van der Waals surface area contributed by atoms with Crippen LogP contribution in [-0.2, 0) is 6.54 Å². The van der Waals surface area contributed by atoms with Crippen LogP contribution in [-0.4, -0.2) is 43.7 Å². The van der Waals surface area contributed by atoms with E-state index in [1.165, 1.54) is 0 Å². The van der Waals surface area contributed by atoms with Crippen LogP contribution in [0.4, 0.5) is 5.82 Å². The Bertz CT molecular complexity index is 415. The Balaban J connectivity index is 2.02. The predicted molar refractivity (Wildman–Crippen MR) is 74.1 cm³/mol. The van der Waals surface area contributed by atoms with Gasteiger partial charge >= 0.3 is 0 Å². The van der Waals surface area contributed by atoms with Gasteiger partial charge in [-0.3, -0.25) is 4.90 Å². The van der Waals surface area contributed by atoms with E-state index in [4.69, 9.17) is 10.8 Å². The lowest BCUT2D eigenvalue weighted by Gasteiger charge is -2.23. The van der Waals surface area contributed by atoms with Gasteiger partial charge in [0.25, 0.3) is 0 Å². The fraction of sp³-hybridized carbons (Fsp3) is 0.667. The Morgan fingerprint density at radius 1 is 1.61 bits per heavy atom. The zero-order chi connectivity index (χ0) is 13.1. The fourth-order valence-electron chi connectivity index (χ4n) is 2.18. The second-order valence-electron chi connectivity index (χ2n) is 4.66. The van der Waals surface area contributed by atoms with Crippen LogP contribution in [0.5, 0.6) is 0 Å². The minimum Gasteiger partial charge on any atom is -0.396 e. The average Bonchev–Trinajstić information content (AvgIpc) is 2.66. The number of hydrogen-bond acceptors (Lipinski definition) is 6. The molecule has 1 saturated heterocycles. The third kappa shape index (κ3) is 2.93. The van der Waals surface area contributed by atoms with Crippen LogP contribution >= 0.6 is 11.8 Å². The molecular formula is C12H20N4OS. The number of nitrogens with two attached hydrogens (primary N) is 1. The second-order valence-corrected chi connectivity index (χ2v) is 5.86. The lowest BCUT2D eigenvalue weighted by atomic mass is 10.1. The van der Waals surface area contributed by atoms with Gasteiger partial charge in [0.05, 0.1) is 0 Å². The van der Waals surface area contributed by atoms with Crippen LogP contribution in [0.2, 0.25) is 0 Å². The summed E-state index contributed by atoms with van der Waals surface area (Å²) in [7, 11) is 0. The molecular weight excluding hydrogens is 248 g/mol. The number of thioether (sulfide) groups is 1. The van der Waals surface area contributed by atoms with Gasteiger partial charge in [-0.1, -0.05) is 0 Å². The van der Waals surface area contributed by atoms with Gasteiger partial charge in [0, 0.05) is 42.1 Å². The van der Waals surface area contributed by atoms with Crippen LogP contribution < -0.4 is 5.73 Å².